The molecule has 0 spiro atoms. The molecule has 2 aromatic rings. The van der Waals surface area contributed by atoms with E-state index in [1.54, 1.807) is 0 Å². The van der Waals surface area contributed by atoms with Crippen molar-refractivity contribution in [3.63, 3.8) is 0 Å². The Labute approximate surface area is 212 Å². The Hall–Kier alpha value is -2.91. The number of nitrogens with one attached hydrogen (secondary N) is 1. The lowest BCUT2D eigenvalue weighted by atomic mass is 9.72. The van der Waals surface area contributed by atoms with Crippen LogP contribution in [0.1, 0.15) is 81.9 Å². The summed E-state index contributed by atoms with van der Waals surface area (Å²) in [5.74, 6) is -4.31. The van der Waals surface area contributed by atoms with Gasteiger partial charge in [0.1, 0.15) is 0 Å². The molecule has 1 aliphatic rings. The van der Waals surface area contributed by atoms with Crippen molar-refractivity contribution in [3.8, 4) is 0 Å². The summed E-state index contributed by atoms with van der Waals surface area (Å²) in [6, 6.07) is 8.74. The van der Waals surface area contributed by atoms with Gasteiger partial charge in [-0.1, -0.05) is 38.0 Å². The smallest absolute Gasteiger partial charge is 0.336 e. The van der Waals surface area contributed by atoms with Crippen molar-refractivity contribution in [2.45, 2.75) is 88.7 Å². The monoisotopic (exact) mass is 504 g/mol. The molecular formula is C27H40N2O7. The maximum atomic E-state index is 10.3. The summed E-state index contributed by atoms with van der Waals surface area (Å²) in [7, 11) is 4.56. The van der Waals surface area contributed by atoms with E-state index < -0.39 is 36.4 Å². The van der Waals surface area contributed by atoms with Crippen molar-refractivity contribution in [2.24, 2.45) is 0 Å². The molecule has 1 aromatic heterocycles. The molecule has 9 nitrogen and oxygen atoms in total. The molecule has 0 unspecified atom stereocenters. The lowest BCUT2D eigenvalue weighted by Gasteiger charge is -2.45. The van der Waals surface area contributed by atoms with Gasteiger partial charge in [-0.25, -0.2) is 4.79 Å². The SMILES string of the molecule is CCCCC1(N(C)C)CCC(c2[nH]c3ccccc3c2C)CC1.O=C(O)CC(O)(CC(=O)O)C(=O)O. The van der Waals surface area contributed by atoms with E-state index >= 15 is 0 Å². The topological polar surface area (TPSA) is 151 Å². The number of aromatic nitrogens is 1. The number of carboxylic acid groups (broad SMARTS) is 3. The molecule has 1 aromatic carbocycles. The van der Waals surface area contributed by atoms with Gasteiger partial charge in [0.05, 0.1) is 12.8 Å². The van der Waals surface area contributed by atoms with E-state index in [0.717, 1.165) is 0 Å². The largest absolute Gasteiger partial charge is 0.481 e. The van der Waals surface area contributed by atoms with Crippen LogP contribution in [0.4, 0.5) is 0 Å². The molecule has 0 aliphatic heterocycles. The molecule has 200 valence electrons. The Bertz CT molecular complexity index is 1040. The number of fused-ring (bicyclic) bond motifs is 1. The summed E-state index contributed by atoms with van der Waals surface area (Å²) in [5.41, 5.74) is 1.96. The first-order valence-corrected chi connectivity index (χ1v) is 12.5. The van der Waals surface area contributed by atoms with Crippen LogP contribution in [0.3, 0.4) is 0 Å². The zero-order valence-corrected chi connectivity index (χ0v) is 21.7. The highest BCUT2D eigenvalue weighted by Gasteiger charge is 2.41. The van der Waals surface area contributed by atoms with Gasteiger partial charge in [-0.15, -0.1) is 0 Å². The molecular weight excluding hydrogens is 464 g/mol. The number of carboxylic acids is 3. The highest BCUT2D eigenvalue weighted by atomic mass is 16.4. The number of aryl methyl sites for hydroxylation is 1. The average molecular weight is 505 g/mol. The van der Waals surface area contributed by atoms with Gasteiger partial charge in [0.2, 0.25) is 0 Å². The van der Waals surface area contributed by atoms with Crippen LogP contribution in [0.25, 0.3) is 10.9 Å². The highest BCUT2D eigenvalue weighted by molar-refractivity contribution is 5.88. The number of rotatable bonds is 10. The normalized spacial score (nSPS) is 20.1. The number of nitrogens with zero attached hydrogens (tertiary/aromatic N) is 1. The zero-order chi connectivity index (χ0) is 27.1. The number of hydrogen-bond acceptors (Lipinski definition) is 5. The number of aliphatic hydroxyl groups is 1. The number of H-pyrrole nitrogens is 1. The molecule has 0 saturated heterocycles. The lowest BCUT2D eigenvalue weighted by Crippen LogP contribution is -2.46. The van der Waals surface area contributed by atoms with Crippen LogP contribution in [-0.4, -0.2) is 73.5 Å². The first-order chi connectivity index (χ1) is 16.8. The van der Waals surface area contributed by atoms with Crippen LogP contribution >= 0.6 is 0 Å². The summed E-state index contributed by atoms with van der Waals surface area (Å²) < 4.78 is 0. The Morgan fingerprint density at radius 1 is 1.06 bits per heavy atom. The van der Waals surface area contributed by atoms with E-state index in [2.05, 4.69) is 62.1 Å². The van der Waals surface area contributed by atoms with Crippen LogP contribution in [0.2, 0.25) is 0 Å². The fourth-order valence-corrected chi connectivity index (χ4v) is 5.30. The van der Waals surface area contributed by atoms with Crippen LogP contribution in [0.5, 0.6) is 0 Å². The van der Waals surface area contributed by atoms with Gasteiger partial charge in [-0.05, 0) is 70.7 Å². The molecule has 36 heavy (non-hydrogen) atoms. The Morgan fingerprint density at radius 3 is 2.06 bits per heavy atom. The fourth-order valence-electron chi connectivity index (χ4n) is 5.30. The first-order valence-electron chi connectivity index (χ1n) is 12.5. The average Bonchev–Trinajstić information content (AvgIpc) is 3.14. The Kier molecular flexibility index (Phi) is 10.1. The standard InChI is InChI=1S/C21H32N2.C6H8O7/c1-5-6-13-21(23(3)4)14-11-17(12-15-21)20-16(2)18-9-7-8-10-19(18)22-20;7-3(8)1-6(13,5(11)12)2-4(9)10/h7-10,17,22H,5-6,11-15H2,1-4H3;13H,1-2H2,(H,7,8)(H,9,10)(H,11,12). The number of unbranched alkanes of at least 4 members (excludes halogenated alkanes) is 1. The fraction of sp³-hybridized carbons (Fsp3) is 0.593. The van der Waals surface area contributed by atoms with Crippen molar-refractivity contribution < 1.29 is 34.8 Å². The lowest BCUT2D eigenvalue weighted by molar-refractivity contribution is -0.170. The summed E-state index contributed by atoms with van der Waals surface area (Å²) in [5, 5.41) is 35.2. The molecule has 3 rings (SSSR count). The number of carbonyl (C=O) groups is 3. The quantitative estimate of drug-likeness (QED) is 0.320. The zero-order valence-electron chi connectivity index (χ0n) is 21.7. The van der Waals surface area contributed by atoms with Gasteiger partial charge in [0.15, 0.2) is 5.60 Å². The second-order valence-corrected chi connectivity index (χ2v) is 10.2. The van der Waals surface area contributed by atoms with Crippen molar-refractivity contribution in [1.82, 2.24) is 9.88 Å². The number of hydrogen-bond donors (Lipinski definition) is 5. The van der Waals surface area contributed by atoms with Crippen molar-refractivity contribution >= 4 is 28.8 Å². The van der Waals surface area contributed by atoms with Gasteiger partial charge in [-0.2, -0.15) is 0 Å². The minimum Gasteiger partial charge on any atom is -0.481 e. The van der Waals surface area contributed by atoms with Gasteiger partial charge < -0.3 is 30.3 Å². The molecule has 1 fully saturated rings. The Morgan fingerprint density at radius 2 is 1.61 bits per heavy atom. The minimum atomic E-state index is -2.74. The molecule has 0 bridgehead atoms. The Balaban J connectivity index is 0.000000302. The van der Waals surface area contributed by atoms with Crippen LogP contribution in [0, 0.1) is 6.92 Å². The van der Waals surface area contributed by atoms with E-state index in [1.165, 1.54) is 67.1 Å². The van der Waals surface area contributed by atoms with Crippen molar-refractivity contribution in [3.05, 3.63) is 35.5 Å². The predicted octanol–water partition coefficient (Wildman–Crippen LogP) is 4.38. The maximum Gasteiger partial charge on any atom is 0.336 e. The molecule has 9 heteroatoms. The van der Waals surface area contributed by atoms with E-state index in [0.29, 0.717) is 11.5 Å². The summed E-state index contributed by atoms with van der Waals surface area (Å²) in [4.78, 5) is 36.7. The van der Waals surface area contributed by atoms with Crippen molar-refractivity contribution in [2.75, 3.05) is 14.1 Å². The van der Waals surface area contributed by atoms with Crippen LogP contribution in [-0.2, 0) is 14.4 Å². The second-order valence-electron chi connectivity index (χ2n) is 10.2. The van der Waals surface area contributed by atoms with E-state index in [-0.39, 0.29) is 0 Å². The molecule has 0 atom stereocenters. The molecule has 0 amide bonds. The number of benzene rings is 1. The van der Waals surface area contributed by atoms with E-state index in [4.69, 9.17) is 20.4 Å². The first kappa shape index (κ1) is 29.3. The second kappa shape index (κ2) is 12.4. The molecule has 1 aliphatic carbocycles. The molecule has 0 radical (unpaired) electrons. The van der Waals surface area contributed by atoms with E-state index in [1.807, 2.05) is 0 Å². The predicted molar refractivity (Wildman–Crippen MR) is 137 cm³/mol. The number of aromatic amines is 1. The number of para-hydroxylation sites is 1. The third kappa shape index (κ3) is 7.07. The third-order valence-corrected chi connectivity index (χ3v) is 7.56. The van der Waals surface area contributed by atoms with Crippen LogP contribution < -0.4 is 0 Å². The van der Waals surface area contributed by atoms with Crippen LogP contribution in [0.15, 0.2) is 24.3 Å². The summed E-state index contributed by atoms with van der Waals surface area (Å²) in [6.07, 6.45) is 7.02. The highest BCUT2D eigenvalue weighted by Crippen LogP contribution is 2.44. The van der Waals surface area contributed by atoms with Gasteiger partial charge >= 0.3 is 17.9 Å². The third-order valence-electron chi connectivity index (χ3n) is 7.56. The van der Waals surface area contributed by atoms with E-state index in [9.17, 15) is 14.4 Å². The maximum absolute atomic E-state index is 10.3. The molecule has 5 N–H and O–H groups in total. The van der Waals surface area contributed by atoms with Gasteiger partial charge in [0.25, 0.3) is 0 Å². The summed E-state index contributed by atoms with van der Waals surface area (Å²) in [6.45, 7) is 4.60. The van der Waals surface area contributed by atoms with Gasteiger partial charge in [0, 0.05) is 22.1 Å². The van der Waals surface area contributed by atoms with Crippen molar-refractivity contribution in [1.29, 1.82) is 0 Å². The van der Waals surface area contributed by atoms with Gasteiger partial charge in [-0.3, -0.25) is 9.59 Å². The number of aliphatic carboxylic acids is 3. The summed E-state index contributed by atoms with van der Waals surface area (Å²) >= 11 is 0. The minimum absolute atomic E-state index is 0.437. The molecule has 1 saturated carbocycles. The molecule has 1 heterocycles.